The van der Waals surface area contributed by atoms with Gasteiger partial charge in [-0.25, -0.2) is 14.8 Å². The van der Waals surface area contributed by atoms with Crippen molar-refractivity contribution >= 4 is 33.6 Å². The van der Waals surface area contributed by atoms with Crippen LogP contribution in [0.4, 0.5) is 0 Å². The number of hydrogen-bond donors (Lipinski definition) is 2. The molecule has 0 aliphatic heterocycles. The lowest BCUT2D eigenvalue weighted by Gasteiger charge is -2.12. The van der Waals surface area contributed by atoms with E-state index in [2.05, 4.69) is 54.2 Å². The van der Waals surface area contributed by atoms with Crippen molar-refractivity contribution < 1.29 is 9.90 Å². The molecule has 0 bridgehead atoms. The molecule has 3 aromatic carbocycles. The number of allylic oxidation sites excluding steroid dienone is 3. The van der Waals surface area contributed by atoms with E-state index in [1.807, 2.05) is 43.3 Å². The van der Waals surface area contributed by atoms with Gasteiger partial charge in [0.25, 0.3) is 0 Å². The third-order valence-electron chi connectivity index (χ3n) is 7.08. The van der Waals surface area contributed by atoms with Crippen LogP contribution in [0.15, 0.2) is 91.0 Å². The topological polar surface area (TPSA) is 83.8 Å². The standard InChI is InChI=1S/C34H34N4O2/c1-5-10-26(27(11-6-2)34(39)40)24-17-15-23(16-18-24)21-38-30-20-25(19-22(4)32(30)37-31(38)12-7-3)33-35-28-13-8-9-14-29(28)36-33/h5,8-11,13-20H,1,6-7,12,21H2,2-4H3,(H,35,36)(H,39,40)/b26-10-,27-11+. The predicted octanol–water partition coefficient (Wildman–Crippen LogP) is 7.88. The Bertz CT molecular complexity index is 1730. The minimum Gasteiger partial charge on any atom is -0.478 e. The molecule has 202 valence electrons. The highest BCUT2D eigenvalue weighted by Gasteiger charge is 2.17. The number of rotatable bonds is 10. The second-order valence-electron chi connectivity index (χ2n) is 9.97. The van der Waals surface area contributed by atoms with Crippen molar-refractivity contribution in [3.05, 3.63) is 114 Å². The van der Waals surface area contributed by atoms with Crippen molar-refractivity contribution in [2.75, 3.05) is 0 Å². The molecule has 0 amide bonds. The fourth-order valence-electron chi connectivity index (χ4n) is 5.21. The number of para-hydroxylation sites is 2. The van der Waals surface area contributed by atoms with Crippen LogP contribution in [0, 0.1) is 6.92 Å². The van der Waals surface area contributed by atoms with E-state index in [1.165, 1.54) is 0 Å². The van der Waals surface area contributed by atoms with Gasteiger partial charge in [0, 0.05) is 18.5 Å². The van der Waals surface area contributed by atoms with Gasteiger partial charge in [-0.1, -0.05) is 75.1 Å². The number of benzene rings is 3. The lowest BCUT2D eigenvalue weighted by molar-refractivity contribution is -0.132. The van der Waals surface area contributed by atoms with Gasteiger partial charge in [-0.05, 0) is 66.3 Å². The van der Waals surface area contributed by atoms with E-state index in [4.69, 9.17) is 9.97 Å². The summed E-state index contributed by atoms with van der Waals surface area (Å²) in [7, 11) is 0. The van der Waals surface area contributed by atoms with Crippen molar-refractivity contribution in [1.82, 2.24) is 19.5 Å². The van der Waals surface area contributed by atoms with E-state index >= 15 is 0 Å². The molecule has 0 aliphatic rings. The van der Waals surface area contributed by atoms with Crippen LogP contribution in [0.25, 0.3) is 39.0 Å². The summed E-state index contributed by atoms with van der Waals surface area (Å²) in [6.07, 6.45) is 7.64. The number of aromatic amines is 1. The van der Waals surface area contributed by atoms with Crippen LogP contribution < -0.4 is 0 Å². The van der Waals surface area contributed by atoms with Crippen LogP contribution in [-0.2, 0) is 17.8 Å². The minimum atomic E-state index is -0.941. The highest BCUT2D eigenvalue weighted by atomic mass is 16.4. The number of H-pyrrole nitrogens is 1. The highest BCUT2D eigenvalue weighted by Crippen LogP contribution is 2.30. The quantitative estimate of drug-likeness (QED) is 0.142. The normalized spacial score (nSPS) is 12.4. The van der Waals surface area contributed by atoms with Gasteiger partial charge in [-0.15, -0.1) is 0 Å². The summed E-state index contributed by atoms with van der Waals surface area (Å²) >= 11 is 0. The van der Waals surface area contributed by atoms with Crippen LogP contribution >= 0.6 is 0 Å². The first-order valence-corrected chi connectivity index (χ1v) is 13.7. The summed E-state index contributed by atoms with van der Waals surface area (Å²) in [6.45, 7) is 10.7. The molecule has 5 rings (SSSR count). The Labute approximate surface area is 234 Å². The summed E-state index contributed by atoms with van der Waals surface area (Å²) in [5.74, 6) is 0.956. The third kappa shape index (κ3) is 5.25. The number of carbonyl (C=O) groups is 1. The van der Waals surface area contributed by atoms with Gasteiger partial charge in [0.05, 0.1) is 27.6 Å². The maximum atomic E-state index is 11.9. The Balaban J connectivity index is 1.55. The number of aromatic nitrogens is 4. The summed E-state index contributed by atoms with van der Waals surface area (Å²) < 4.78 is 2.30. The average Bonchev–Trinajstić information content (AvgIpc) is 3.53. The fraction of sp³-hybridized carbons (Fsp3) is 0.206. The van der Waals surface area contributed by atoms with Crippen LogP contribution in [0.2, 0.25) is 0 Å². The molecule has 0 spiro atoms. The van der Waals surface area contributed by atoms with Crippen molar-refractivity contribution in [2.24, 2.45) is 0 Å². The van der Waals surface area contributed by atoms with Gasteiger partial charge in [0.15, 0.2) is 0 Å². The number of aliphatic carboxylic acids is 1. The molecule has 0 aliphatic carbocycles. The molecular formula is C34H34N4O2. The molecule has 0 atom stereocenters. The molecule has 0 saturated heterocycles. The van der Waals surface area contributed by atoms with E-state index < -0.39 is 5.97 Å². The summed E-state index contributed by atoms with van der Waals surface area (Å²) in [4.78, 5) is 25.3. The number of hydrogen-bond acceptors (Lipinski definition) is 3. The molecule has 6 nitrogen and oxygen atoms in total. The lowest BCUT2D eigenvalue weighted by atomic mass is 9.95. The lowest BCUT2D eigenvalue weighted by Crippen LogP contribution is -2.06. The molecule has 2 aromatic heterocycles. The van der Waals surface area contributed by atoms with Crippen LogP contribution in [0.5, 0.6) is 0 Å². The molecule has 5 aromatic rings. The zero-order chi connectivity index (χ0) is 28.2. The van der Waals surface area contributed by atoms with Crippen molar-refractivity contribution in [3.63, 3.8) is 0 Å². The first kappa shape index (κ1) is 26.9. The zero-order valence-corrected chi connectivity index (χ0v) is 23.2. The Morgan fingerprint density at radius 1 is 1.07 bits per heavy atom. The number of carboxylic acids is 1. The monoisotopic (exact) mass is 530 g/mol. The molecule has 2 heterocycles. The van der Waals surface area contributed by atoms with Crippen molar-refractivity contribution in [1.29, 1.82) is 0 Å². The van der Waals surface area contributed by atoms with Gasteiger partial charge < -0.3 is 14.7 Å². The van der Waals surface area contributed by atoms with E-state index in [9.17, 15) is 9.90 Å². The van der Waals surface area contributed by atoms with Crippen molar-refractivity contribution in [3.8, 4) is 11.4 Å². The first-order valence-electron chi connectivity index (χ1n) is 13.7. The zero-order valence-electron chi connectivity index (χ0n) is 23.2. The average molecular weight is 531 g/mol. The number of aryl methyl sites for hydroxylation is 2. The van der Waals surface area contributed by atoms with Gasteiger partial charge in [0.1, 0.15) is 11.6 Å². The third-order valence-corrected chi connectivity index (χ3v) is 7.08. The van der Waals surface area contributed by atoms with Crippen LogP contribution in [-0.4, -0.2) is 30.6 Å². The number of nitrogens with one attached hydrogen (secondary N) is 1. The molecule has 0 radical (unpaired) electrons. The Morgan fingerprint density at radius 2 is 1.85 bits per heavy atom. The predicted molar refractivity (Wildman–Crippen MR) is 163 cm³/mol. The second-order valence-corrected chi connectivity index (χ2v) is 9.97. The van der Waals surface area contributed by atoms with Gasteiger partial charge in [-0.2, -0.15) is 0 Å². The number of carboxylic acid groups (broad SMARTS) is 1. The molecular weight excluding hydrogens is 496 g/mol. The maximum Gasteiger partial charge on any atom is 0.335 e. The molecule has 6 heteroatoms. The molecule has 2 N–H and O–H groups in total. The highest BCUT2D eigenvalue weighted by molar-refractivity contribution is 6.05. The van der Waals surface area contributed by atoms with Gasteiger partial charge >= 0.3 is 5.97 Å². The van der Waals surface area contributed by atoms with Crippen LogP contribution in [0.1, 0.15) is 49.2 Å². The Kier molecular flexibility index (Phi) is 7.78. The number of fused-ring (bicyclic) bond motifs is 2. The molecule has 0 unspecified atom stereocenters. The largest absolute Gasteiger partial charge is 0.478 e. The summed E-state index contributed by atoms with van der Waals surface area (Å²) in [5.41, 5.74) is 9.09. The van der Waals surface area contributed by atoms with Gasteiger partial charge in [-0.3, -0.25) is 0 Å². The molecule has 40 heavy (non-hydrogen) atoms. The van der Waals surface area contributed by atoms with Crippen LogP contribution in [0.3, 0.4) is 0 Å². The van der Waals surface area contributed by atoms with Gasteiger partial charge in [0.2, 0.25) is 0 Å². The fourth-order valence-corrected chi connectivity index (χ4v) is 5.21. The number of imidazole rings is 2. The maximum absolute atomic E-state index is 11.9. The van der Waals surface area contributed by atoms with E-state index in [0.29, 0.717) is 18.5 Å². The smallest absolute Gasteiger partial charge is 0.335 e. The first-order chi connectivity index (χ1) is 19.4. The van der Waals surface area contributed by atoms with Crippen molar-refractivity contribution in [2.45, 2.75) is 46.6 Å². The van der Waals surface area contributed by atoms with E-state index in [-0.39, 0.29) is 5.57 Å². The summed E-state index contributed by atoms with van der Waals surface area (Å²) in [5, 5.41) is 9.78. The Hall–Kier alpha value is -4.71. The minimum absolute atomic E-state index is 0.287. The second kappa shape index (κ2) is 11.6. The van der Waals surface area contributed by atoms with E-state index in [0.717, 1.165) is 68.8 Å². The molecule has 0 fully saturated rings. The number of nitrogens with zero attached hydrogens (tertiary/aromatic N) is 3. The Morgan fingerprint density at radius 3 is 2.52 bits per heavy atom. The van der Waals surface area contributed by atoms with E-state index in [1.54, 1.807) is 18.2 Å². The SMILES string of the molecule is C=C/C=C(\C(=C/CC)C(=O)O)c1ccc(Cn2c(CCC)nc3c(C)cc(-c4nc5ccccc5[nH]4)cc32)cc1. The summed E-state index contributed by atoms with van der Waals surface area (Å²) in [6, 6.07) is 20.5. The molecule has 0 saturated carbocycles.